The van der Waals surface area contributed by atoms with Crippen molar-refractivity contribution in [1.82, 2.24) is 0 Å². The smallest absolute Gasteiger partial charge is 0.337 e. The monoisotopic (exact) mass is 368 g/mol. The van der Waals surface area contributed by atoms with Crippen LogP contribution in [0.25, 0.3) is 0 Å². The Balaban J connectivity index is 2.13. The molecule has 0 saturated heterocycles. The molecule has 6 heteroatoms. The predicted molar refractivity (Wildman–Crippen MR) is 82.8 cm³/mol. The average molecular weight is 369 g/mol. The first-order valence-electron chi connectivity index (χ1n) is 6.38. The third kappa shape index (κ3) is 3.76. The van der Waals surface area contributed by atoms with Crippen molar-refractivity contribution in [1.29, 1.82) is 0 Å². The first kappa shape index (κ1) is 16.3. The van der Waals surface area contributed by atoms with Crippen molar-refractivity contribution < 1.29 is 23.4 Å². The normalized spacial score (nSPS) is 10.2. The quantitative estimate of drug-likeness (QED) is 0.749. The minimum Gasteiger partial charge on any atom is -0.497 e. The van der Waals surface area contributed by atoms with Crippen LogP contribution < -0.4 is 9.47 Å². The van der Waals surface area contributed by atoms with Gasteiger partial charge in [0, 0.05) is 0 Å². The van der Waals surface area contributed by atoms with Crippen molar-refractivity contribution >= 4 is 21.9 Å². The number of hydrogen-bond donors (Lipinski definition) is 0. The molecule has 0 N–H and O–H groups in total. The van der Waals surface area contributed by atoms with Crippen molar-refractivity contribution in [3.05, 3.63) is 57.8 Å². The Kier molecular flexibility index (Phi) is 5.38. The van der Waals surface area contributed by atoms with E-state index in [-0.39, 0.29) is 17.9 Å². The first-order valence-corrected chi connectivity index (χ1v) is 7.17. The van der Waals surface area contributed by atoms with Gasteiger partial charge in [0.05, 0.1) is 24.3 Å². The summed E-state index contributed by atoms with van der Waals surface area (Å²) >= 11 is 3.20. The summed E-state index contributed by atoms with van der Waals surface area (Å²) in [6.45, 7) is 0.192. The zero-order valence-corrected chi connectivity index (χ0v) is 13.6. The fourth-order valence-electron chi connectivity index (χ4n) is 1.81. The van der Waals surface area contributed by atoms with E-state index in [1.807, 2.05) is 12.1 Å². The van der Waals surface area contributed by atoms with Crippen LogP contribution in [0.15, 0.2) is 40.9 Å². The molecule has 2 aromatic carbocycles. The summed E-state index contributed by atoms with van der Waals surface area (Å²) in [5, 5.41) is 0. The van der Waals surface area contributed by atoms with Gasteiger partial charge in [-0.15, -0.1) is 0 Å². The highest BCUT2D eigenvalue weighted by Crippen LogP contribution is 2.30. The van der Waals surface area contributed by atoms with Crippen LogP contribution >= 0.6 is 15.9 Å². The maximum atomic E-state index is 14.0. The number of rotatable bonds is 5. The van der Waals surface area contributed by atoms with Crippen molar-refractivity contribution in [3.8, 4) is 11.5 Å². The number of ether oxygens (including phenoxy) is 3. The lowest BCUT2D eigenvalue weighted by Gasteiger charge is -2.11. The van der Waals surface area contributed by atoms with Crippen LogP contribution in [0.1, 0.15) is 15.9 Å². The van der Waals surface area contributed by atoms with Crippen molar-refractivity contribution in [2.24, 2.45) is 0 Å². The SMILES string of the molecule is COC(=O)c1cc(F)c(OCc2ccc(OC)cc2)c(Br)c1. The molecule has 0 unspecified atom stereocenters. The summed E-state index contributed by atoms with van der Waals surface area (Å²) in [7, 11) is 2.82. The molecule has 22 heavy (non-hydrogen) atoms. The highest BCUT2D eigenvalue weighted by molar-refractivity contribution is 9.10. The van der Waals surface area contributed by atoms with E-state index in [2.05, 4.69) is 20.7 Å². The summed E-state index contributed by atoms with van der Waals surface area (Å²) in [6, 6.07) is 9.79. The zero-order valence-electron chi connectivity index (χ0n) is 12.1. The van der Waals surface area contributed by atoms with Gasteiger partial charge in [-0.05, 0) is 45.8 Å². The molecule has 0 bridgehead atoms. The van der Waals surface area contributed by atoms with Crippen LogP contribution in [-0.4, -0.2) is 20.2 Å². The molecule has 0 heterocycles. The number of carbonyl (C=O) groups excluding carboxylic acids is 1. The molecular weight excluding hydrogens is 355 g/mol. The van der Waals surface area contributed by atoms with Gasteiger partial charge >= 0.3 is 5.97 Å². The van der Waals surface area contributed by atoms with Gasteiger partial charge in [-0.1, -0.05) is 12.1 Å². The third-order valence-corrected chi connectivity index (χ3v) is 3.55. The Morgan fingerprint density at radius 3 is 2.41 bits per heavy atom. The van der Waals surface area contributed by atoms with Crippen molar-refractivity contribution in [3.63, 3.8) is 0 Å². The summed E-state index contributed by atoms with van der Waals surface area (Å²) in [6.07, 6.45) is 0. The van der Waals surface area contributed by atoms with E-state index in [1.165, 1.54) is 13.2 Å². The maximum absolute atomic E-state index is 14.0. The third-order valence-electron chi connectivity index (χ3n) is 2.96. The summed E-state index contributed by atoms with van der Waals surface area (Å²) in [4.78, 5) is 11.4. The Bertz CT molecular complexity index is 647. The highest BCUT2D eigenvalue weighted by atomic mass is 79.9. The van der Waals surface area contributed by atoms with Crippen LogP contribution in [-0.2, 0) is 11.3 Å². The number of benzene rings is 2. The molecule has 0 atom stereocenters. The Morgan fingerprint density at radius 2 is 1.86 bits per heavy atom. The standard InChI is InChI=1S/C16H14BrFO4/c1-20-12-5-3-10(4-6-12)9-22-15-13(17)7-11(8-14(15)18)16(19)21-2/h3-8H,9H2,1-2H3. The van der Waals surface area contributed by atoms with E-state index in [9.17, 15) is 9.18 Å². The van der Waals surface area contributed by atoms with Crippen LogP contribution in [0, 0.1) is 5.82 Å². The minimum absolute atomic E-state index is 0.0449. The van der Waals surface area contributed by atoms with Gasteiger partial charge < -0.3 is 14.2 Å². The van der Waals surface area contributed by atoms with E-state index < -0.39 is 11.8 Å². The molecule has 0 aliphatic rings. The van der Waals surface area contributed by atoms with Gasteiger partial charge in [0.2, 0.25) is 0 Å². The Hall–Kier alpha value is -2.08. The summed E-state index contributed by atoms with van der Waals surface area (Å²) in [5.74, 6) is -0.466. The molecule has 116 valence electrons. The molecule has 0 spiro atoms. The molecule has 0 saturated carbocycles. The van der Waals surface area contributed by atoms with Crippen molar-refractivity contribution in [2.75, 3.05) is 14.2 Å². The lowest BCUT2D eigenvalue weighted by molar-refractivity contribution is 0.0600. The van der Waals surface area contributed by atoms with E-state index in [0.717, 1.165) is 17.4 Å². The van der Waals surface area contributed by atoms with E-state index in [1.54, 1.807) is 19.2 Å². The lowest BCUT2D eigenvalue weighted by atomic mass is 10.2. The molecule has 0 fully saturated rings. The topological polar surface area (TPSA) is 44.8 Å². The molecule has 0 aliphatic heterocycles. The van der Waals surface area contributed by atoms with Gasteiger partial charge in [0.15, 0.2) is 11.6 Å². The van der Waals surface area contributed by atoms with Crippen molar-refractivity contribution in [2.45, 2.75) is 6.61 Å². The summed E-state index contributed by atoms with van der Waals surface area (Å²) < 4.78 is 29.5. The maximum Gasteiger partial charge on any atom is 0.337 e. The number of hydrogen-bond acceptors (Lipinski definition) is 4. The van der Waals surface area contributed by atoms with Crippen LogP contribution in [0.5, 0.6) is 11.5 Å². The second-order valence-electron chi connectivity index (χ2n) is 4.40. The fraction of sp³-hybridized carbons (Fsp3) is 0.188. The number of halogens is 2. The van der Waals surface area contributed by atoms with E-state index in [0.29, 0.717) is 4.47 Å². The first-order chi connectivity index (χ1) is 10.5. The lowest BCUT2D eigenvalue weighted by Crippen LogP contribution is -2.04. The second kappa shape index (κ2) is 7.26. The average Bonchev–Trinajstić information content (AvgIpc) is 2.53. The molecule has 2 rings (SSSR count). The zero-order chi connectivity index (χ0) is 16.1. The van der Waals surface area contributed by atoms with E-state index in [4.69, 9.17) is 9.47 Å². The number of methoxy groups -OCH3 is 2. The molecule has 4 nitrogen and oxygen atoms in total. The van der Waals surface area contributed by atoms with Gasteiger partial charge in [-0.3, -0.25) is 0 Å². The molecule has 0 radical (unpaired) electrons. The second-order valence-corrected chi connectivity index (χ2v) is 5.25. The largest absolute Gasteiger partial charge is 0.497 e. The number of carbonyl (C=O) groups is 1. The molecule has 0 aromatic heterocycles. The minimum atomic E-state index is -0.636. The van der Waals surface area contributed by atoms with E-state index >= 15 is 0 Å². The van der Waals surface area contributed by atoms with Gasteiger partial charge in [-0.25, -0.2) is 9.18 Å². The molecule has 2 aromatic rings. The van der Waals surface area contributed by atoms with Crippen LogP contribution in [0.4, 0.5) is 4.39 Å². The molecule has 0 aliphatic carbocycles. The van der Waals surface area contributed by atoms with Gasteiger partial charge in [0.1, 0.15) is 12.4 Å². The Labute approximate surface area is 135 Å². The fourth-order valence-corrected chi connectivity index (χ4v) is 2.36. The molecule has 0 amide bonds. The number of esters is 1. The van der Waals surface area contributed by atoms with Crippen LogP contribution in [0.2, 0.25) is 0 Å². The summed E-state index contributed by atoms with van der Waals surface area (Å²) in [5.41, 5.74) is 0.979. The Morgan fingerprint density at radius 1 is 1.18 bits per heavy atom. The van der Waals surface area contributed by atoms with Gasteiger partial charge in [-0.2, -0.15) is 0 Å². The predicted octanol–water partition coefficient (Wildman–Crippen LogP) is 3.96. The van der Waals surface area contributed by atoms with Crippen LogP contribution in [0.3, 0.4) is 0 Å². The molecular formula is C16H14BrFO4. The highest BCUT2D eigenvalue weighted by Gasteiger charge is 2.15. The van der Waals surface area contributed by atoms with Gasteiger partial charge in [0.25, 0.3) is 0 Å².